The molecular weight excluding hydrogens is 227 g/mol. The zero-order valence-corrected chi connectivity index (χ0v) is 10.4. The highest BCUT2D eigenvalue weighted by Gasteiger charge is 2.07. The van der Waals surface area contributed by atoms with Crippen molar-refractivity contribution in [2.24, 2.45) is 0 Å². The molecule has 0 fully saturated rings. The summed E-state index contributed by atoms with van der Waals surface area (Å²) in [5, 5.41) is 12.0. The molecule has 2 nitrogen and oxygen atoms in total. The van der Waals surface area contributed by atoms with E-state index in [1.165, 1.54) is 30.9 Å². The van der Waals surface area contributed by atoms with Crippen LogP contribution in [-0.4, -0.2) is 6.54 Å². The first-order valence-corrected chi connectivity index (χ1v) is 6.37. The molecule has 0 aliphatic heterocycles. The molecule has 0 amide bonds. The maximum Gasteiger partial charge on any atom is 0.145 e. The average molecular weight is 244 g/mol. The molecular formula is C15H17FN2. The quantitative estimate of drug-likeness (QED) is 0.637. The molecule has 0 heterocycles. The molecule has 94 valence electrons. The molecule has 0 saturated carbocycles. The Balaban J connectivity index is 1.81. The monoisotopic (exact) mass is 244 g/mol. The summed E-state index contributed by atoms with van der Waals surface area (Å²) in [4.78, 5) is 0. The lowest BCUT2D eigenvalue weighted by Crippen LogP contribution is -2.16. The predicted octanol–water partition coefficient (Wildman–Crippen LogP) is 3.29. The van der Waals surface area contributed by atoms with Crippen molar-refractivity contribution in [3.8, 4) is 6.07 Å². The number of allylic oxidation sites excluding steroid dienone is 1. The summed E-state index contributed by atoms with van der Waals surface area (Å²) in [6, 6.07) is 6.80. The van der Waals surface area contributed by atoms with Gasteiger partial charge in [0.2, 0.25) is 0 Å². The summed E-state index contributed by atoms with van der Waals surface area (Å²) in [7, 11) is 0. The van der Waals surface area contributed by atoms with Gasteiger partial charge in [0, 0.05) is 12.1 Å². The van der Waals surface area contributed by atoms with Crippen LogP contribution in [0.2, 0.25) is 0 Å². The number of rotatable bonds is 5. The molecule has 0 saturated heterocycles. The van der Waals surface area contributed by atoms with Crippen LogP contribution in [0.5, 0.6) is 0 Å². The van der Waals surface area contributed by atoms with E-state index in [9.17, 15) is 4.39 Å². The Hall–Kier alpha value is -1.66. The minimum absolute atomic E-state index is 0.118. The van der Waals surface area contributed by atoms with Crippen molar-refractivity contribution in [2.45, 2.75) is 32.2 Å². The zero-order valence-electron chi connectivity index (χ0n) is 10.4. The molecule has 0 aromatic heterocycles. The minimum Gasteiger partial charge on any atom is -0.312 e. The van der Waals surface area contributed by atoms with Crippen LogP contribution in [0.1, 0.15) is 36.8 Å². The van der Waals surface area contributed by atoms with Gasteiger partial charge < -0.3 is 5.32 Å². The van der Waals surface area contributed by atoms with E-state index in [0.29, 0.717) is 12.1 Å². The van der Waals surface area contributed by atoms with Crippen molar-refractivity contribution in [3.63, 3.8) is 0 Å². The Bertz CT molecular complexity index is 486. The first kappa shape index (κ1) is 12.8. The molecule has 0 radical (unpaired) electrons. The van der Waals surface area contributed by atoms with Gasteiger partial charge >= 0.3 is 0 Å². The molecule has 1 aromatic rings. The summed E-state index contributed by atoms with van der Waals surface area (Å²) in [5.74, 6) is -0.396. The third-order valence-electron chi connectivity index (χ3n) is 3.27. The Morgan fingerprint density at radius 1 is 1.39 bits per heavy atom. The number of hydrogen-bond acceptors (Lipinski definition) is 2. The highest BCUT2D eigenvalue weighted by Crippen LogP contribution is 2.19. The minimum atomic E-state index is -0.396. The lowest BCUT2D eigenvalue weighted by atomic mass is 10.1. The van der Waals surface area contributed by atoms with Gasteiger partial charge in [0.05, 0.1) is 5.56 Å². The van der Waals surface area contributed by atoms with Crippen LogP contribution < -0.4 is 5.32 Å². The van der Waals surface area contributed by atoms with Gasteiger partial charge in [-0.05, 0) is 38.3 Å². The van der Waals surface area contributed by atoms with E-state index < -0.39 is 5.82 Å². The third kappa shape index (κ3) is 3.18. The van der Waals surface area contributed by atoms with E-state index in [1.54, 1.807) is 12.1 Å². The number of benzene rings is 1. The maximum absolute atomic E-state index is 13.7. The third-order valence-corrected chi connectivity index (χ3v) is 3.27. The van der Waals surface area contributed by atoms with E-state index in [2.05, 4.69) is 11.4 Å². The van der Waals surface area contributed by atoms with Crippen LogP contribution in [0, 0.1) is 17.1 Å². The second kappa shape index (κ2) is 6.32. The van der Waals surface area contributed by atoms with Crippen LogP contribution in [0.25, 0.3) is 0 Å². The second-order valence-electron chi connectivity index (χ2n) is 4.57. The van der Waals surface area contributed by atoms with Crippen molar-refractivity contribution in [2.75, 3.05) is 6.54 Å². The molecule has 1 aliphatic carbocycles. The van der Waals surface area contributed by atoms with Crippen LogP contribution in [0.4, 0.5) is 4.39 Å². The molecule has 3 heteroatoms. The van der Waals surface area contributed by atoms with Gasteiger partial charge in [0.25, 0.3) is 0 Å². The van der Waals surface area contributed by atoms with Crippen LogP contribution in [0.3, 0.4) is 0 Å². The summed E-state index contributed by atoms with van der Waals surface area (Å²) < 4.78 is 13.7. The van der Waals surface area contributed by atoms with Crippen molar-refractivity contribution >= 4 is 0 Å². The van der Waals surface area contributed by atoms with E-state index in [1.807, 2.05) is 6.07 Å². The molecule has 0 atom stereocenters. The van der Waals surface area contributed by atoms with E-state index in [-0.39, 0.29) is 5.56 Å². The normalized spacial score (nSPS) is 14.3. The summed E-state index contributed by atoms with van der Waals surface area (Å²) in [6.07, 6.45) is 7.03. The van der Waals surface area contributed by atoms with E-state index >= 15 is 0 Å². The Kier molecular flexibility index (Phi) is 4.49. The van der Waals surface area contributed by atoms with Gasteiger partial charge in [-0.2, -0.15) is 5.26 Å². The SMILES string of the molecule is N#Cc1cccc(CNCCC2=CCCC2)c1F. The number of nitrogens with one attached hydrogen (secondary N) is 1. The molecule has 2 rings (SSSR count). The van der Waals surface area contributed by atoms with Gasteiger partial charge in [0.1, 0.15) is 11.9 Å². The van der Waals surface area contributed by atoms with Crippen LogP contribution >= 0.6 is 0 Å². The smallest absolute Gasteiger partial charge is 0.145 e. The molecule has 18 heavy (non-hydrogen) atoms. The van der Waals surface area contributed by atoms with Gasteiger partial charge in [-0.25, -0.2) is 4.39 Å². The summed E-state index contributed by atoms with van der Waals surface area (Å²) in [6.45, 7) is 1.34. The lowest BCUT2D eigenvalue weighted by Gasteiger charge is -2.07. The fourth-order valence-corrected chi connectivity index (χ4v) is 2.24. The van der Waals surface area contributed by atoms with Crippen molar-refractivity contribution in [1.29, 1.82) is 5.26 Å². The fraction of sp³-hybridized carbons (Fsp3) is 0.400. The van der Waals surface area contributed by atoms with Crippen molar-refractivity contribution < 1.29 is 4.39 Å². The zero-order chi connectivity index (χ0) is 12.8. The van der Waals surface area contributed by atoms with Gasteiger partial charge in [0.15, 0.2) is 0 Å². The first-order chi connectivity index (χ1) is 8.81. The van der Waals surface area contributed by atoms with Gasteiger partial charge in [-0.1, -0.05) is 23.8 Å². The van der Waals surface area contributed by atoms with Crippen LogP contribution in [-0.2, 0) is 6.54 Å². The molecule has 0 bridgehead atoms. The first-order valence-electron chi connectivity index (χ1n) is 6.37. The van der Waals surface area contributed by atoms with E-state index in [0.717, 1.165) is 13.0 Å². The lowest BCUT2D eigenvalue weighted by molar-refractivity contribution is 0.584. The second-order valence-corrected chi connectivity index (χ2v) is 4.57. The number of halogens is 1. The number of nitrogens with zero attached hydrogens (tertiary/aromatic N) is 1. The van der Waals surface area contributed by atoms with E-state index in [4.69, 9.17) is 5.26 Å². The summed E-state index contributed by atoms with van der Waals surface area (Å²) in [5.41, 5.74) is 2.19. The maximum atomic E-state index is 13.7. The predicted molar refractivity (Wildman–Crippen MR) is 69.4 cm³/mol. The van der Waals surface area contributed by atoms with Gasteiger partial charge in [-0.15, -0.1) is 0 Å². The Labute approximate surface area is 107 Å². The number of nitriles is 1. The topological polar surface area (TPSA) is 35.8 Å². The summed E-state index contributed by atoms with van der Waals surface area (Å²) >= 11 is 0. The standard InChI is InChI=1S/C15H17FN2/c16-15-13(10-17)6-3-7-14(15)11-18-9-8-12-4-1-2-5-12/h3-4,6-7,18H,1-2,5,8-9,11H2. The largest absolute Gasteiger partial charge is 0.312 e. The molecule has 0 spiro atoms. The van der Waals surface area contributed by atoms with Crippen molar-refractivity contribution in [3.05, 3.63) is 46.8 Å². The Morgan fingerprint density at radius 3 is 3.00 bits per heavy atom. The highest BCUT2D eigenvalue weighted by atomic mass is 19.1. The molecule has 1 aromatic carbocycles. The fourth-order valence-electron chi connectivity index (χ4n) is 2.24. The highest BCUT2D eigenvalue weighted by molar-refractivity contribution is 5.34. The number of hydrogen-bond donors (Lipinski definition) is 1. The molecule has 1 aliphatic rings. The molecule has 0 unspecified atom stereocenters. The average Bonchev–Trinajstić information content (AvgIpc) is 2.89. The molecule has 1 N–H and O–H groups in total. The van der Waals surface area contributed by atoms with Crippen molar-refractivity contribution in [1.82, 2.24) is 5.32 Å². The Morgan fingerprint density at radius 2 is 2.28 bits per heavy atom. The van der Waals surface area contributed by atoms with Crippen LogP contribution in [0.15, 0.2) is 29.8 Å². The van der Waals surface area contributed by atoms with Gasteiger partial charge in [-0.3, -0.25) is 0 Å².